The summed E-state index contributed by atoms with van der Waals surface area (Å²) in [5, 5.41) is 0. The predicted molar refractivity (Wildman–Crippen MR) is 88.2 cm³/mol. The minimum atomic E-state index is -3.65. The maximum atomic E-state index is 12.5. The van der Waals surface area contributed by atoms with Gasteiger partial charge in [0.25, 0.3) is 0 Å². The number of ether oxygens (including phenoxy) is 1. The molecule has 0 spiro atoms. The summed E-state index contributed by atoms with van der Waals surface area (Å²) in [4.78, 5) is 11.5. The van der Waals surface area contributed by atoms with Gasteiger partial charge in [-0.3, -0.25) is 4.79 Å². The average molecular weight is 333 g/mol. The van der Waals surface area contributed by atoms with Crippen LogP contribution in [0.4, 0.5) is 0 Å². The van der Waals surface area contributed by atoms with Crippen LogP contribution in [-0.2, 0) is 10.0 Å². The van der Waals surface area contributed by atoms with Crippen LogP contribution in [-0.4, -0.2) is 38.7 Å². The highest BCUT2D eigenvalue weighted by Gasteiger charge is 2.21. The Labute approximate surface area is 136 Å². The Morgan fingerprint density at radius 2 is 1.78 bits per heavy atom. The molecule has 2 aromatic carbocycles. The lowest BCUT2D eigenvalue weighted by molar-refractivity contribution is 0.101. The Bertz CT molecular complexity index is 772. The van der Waals surface area contributed by atoms with E-state index in [0.717, 1.165) is 0 Å². The zero-order chi connectivity index (χ0) is 16.9. The molecule has 0 amide bonds. The second-order valence-corrected chi connectivity index (χ2v) is 7.12. The van der Waals surface area contributed by atoms with E-state index in [2.05, 4.69) is 0 Å². The molecule has 0 aliphatic carbocycles. The third kappa shape index (κ3) is 4.40. The third-order valence-electron chi connectivity index (χ3n) is 3.37. The minimum absolute atomic E-state index is 0.104. The molecule has 2 rings (SSSR count). The van der Waals surface area contributed by atoms with Gasteiger partial charge < -0.3 is 4.74 Å². The highest BCUT2D eigenvalue weighted by molar-refractivity contribution is 7.89. The summed E-state index contributed by atoms with van der Waals surface area (Å²) in [5.41, 5.74) is 0.375. The molecule has 0 aliphatic heterocycles. The van der Waals surface area contributed by atoms with E-state index in [1.807, 2.05) is 30.3 Å². The topological polar surface area (TPSA) is 63.7 Å². The molecule has 6 heteroatoms. The Kier molecular flexibility index (Phi) is 5.52. The van der Waals surface area contributed by atoms with Crippen LogP contribution in [0, 0.1) is 0 Å². The van der Waals surface area contributed by atoms with Crippen LogP contribution in [0.2, 0.25) is 0 Å². The quantitative estimate of drug-likeness (QED) is 0.731. The molecule has 0 atom stereocenters. The molecule has 0 N–H and O–H groups in total. The van der Waals surface area contributed by atoms with Gasteiger partial charge in [-0.15, -0.1) is 0 Å². The van der Waals surface area contributed by atoms with Gasteiger partial charge >= 0.3 is 0 Å². The number of rotatable bonds is 7. The number of sulfonamides is 1. The number of ketones is 1. The van der Waals surface area contributed by atoms with Crippen LogP contribution in [0.1, 0.15) is 17.3 Å². The summed E-state index contributed by atoms with van der Waals surface area (Å²) in [6.07, 6.45) is 0. The number of hydrogen-bond donors (Lipinski definition) is 0. The van der Waals surface area contributed by atoms with E-state index >= 15 is 0 Å². The fraction of sp³-hybridized carbons (Fsp3) is 0.235. The van der Waals surface area contributed by atoms with E-state index in [-0.39, 0.29) is 23.8 Å². The summed E-state index contributed by atoms with van der Waals surface area (Å²) in [6.45, 7) is 1.86. The first-order chi connectivity index (χ1) is 10.9. The lowest BCUT2D eigenvalue weighted by Crippen LogP contribution is -2.31. The summed E-state index contributed by atoms with van der Waals surface area (Å²) < 4.78 is 31.7. The summed E-state index contributed by atoms with van der Waals surface area (Å²) in [7, 11) is -2.16. The number of likely N-dealkylation sites (N-methyl/N-ethyl adjacent to an activating group) is 1. The first kappa shape index (κ1) is 17.2. The van der Waals surface area contributed by atoms with Crippen molar-refractivity contribution in [3.8, 4) is 5.75 Å². The molecule has 122 valence electrons. The summed E-state index contributed by atoms with van der Waals surface area (Å²) in [5.74, 6) is 0.522. The van der Waals surface area contributed by atoms with Crippen LogP contribution >= 0.6 is 0 Å². The maximum Gasteiger partial charge on any atom is 0.242 e. The molecule has 0 heterocycles. The number of carbonyl (C=O) groups excluding carboxylic acids is 1. The highest BCUT2D eigenvalue weighted by atomic mass is 32.2. The van der Waals surface area contributed by atoms with Crippen molar-refractivity contribution in [1.82, 2.24) is 4.31 Å². The van der Waals surface area contributed by atoms with Crippen LogP contribution in [0.25, 0.3) is 0 Å². The summed E-state index contributed by atoms with van der Waals surface area (Å²) >= 11 is 0. The van der Waals surface area contributed by atoms with Gasteiger partial charge in [0.15, 0.2) is 5.78 Å². The molecule has 0 aliphatic rings. The van der Waals surface area contributed by atoms with E-state index in [1.54, 1.807) is 12.1 Å². The Morgan fingerprint density at radius 3 is 2.43 bits per heavy atom. The van der Waals surface area contributed by atoms with E-state index < -0.39 is 10.0 Å². The predicted octanol–water partition coefficient (Wildman–Crippen LogP) is 2.59. The fourth-order valence-corrected chi connectivity index (χ4v) is 3.19. The van der Waals surface area contributed by atoms with Crippen molar-refractivity contribution in [2.24, 2.45) is 0 Å². The third-order valence-corrected chi connectivity index (χ3v) is 5.22. The van der Waals surface area contributed by atoms with Gasteiger partial charge in [-0.25, -0.2) is 8.42 Å². The van der Waals surface area contributed by atoms with Gasteiger partial charge in [0.05, 0.1) is 4.90 Å². The number of benzene rings is 2. The molecular formula is C17H19NO4S. The van der Waals surface area contributed by atoms with E-state index in [1.165, 1.54) is 30.4 Å². The number of nitrogens with zero attached hydrogens (tertiary/aromatic N) is 1. The average Bonchev–Trinajstić information content (AvgIpc) is 2.55. The van der Waals surface area contributed by atoms with Crippen LogP contribution < -0.4 is 4.74 Å². The smallest absolute Gasteiger partial charge is 0.242 e. The molecule has 2 aromatic rings. The normalized spacial score (nSPS) is 11.4. The number of para-hydroxylation sites is 1. The van der Waals surface area contributed by atoms with Crippen molar-refractivity contribution in [1.29, 1.82) is 0 Å². The van der Waals surface area contributed by atoms with Gasteiger partial charge in [-0.05, 0) is 31.2 Å². The molecule has 0 saturated carbocycles. The standard InChI is InChI=1S/C17H19NO4S/c1-14(19)15-7-6-10-17(13-15)23(20,21)18(2)11-12-22-16-8-4-3-5-9-16/h3-10,13H,11-12H2,1-2H3. The molecule has 0 bridgehead atoms. The molecule has 0 saturated heterocycles. The largest absolute Gasteiger partial charge is 0.492 e. The number of carbonyl (C=O) groups is 1. The summed E-state index contributed by atoms with van der Waals surface area (Å²) in [6, 6.07) is 15.2. The zero-order valence-electron chi connectivity index (χ0n) is 13.1. The van der Waals surface area contributed by atoms with Gasteiger partial charge in [-0.2, -0.15) is 4.31 Å². The molecular weight excluding hydrogens is 314 g/mol. The number of Topliss-reactive ketones (excluding diaryl/α,β-unsaturated/α-hetero) is 1. The maximum absolute atomic E-state index is 12.5. The van der Waals surface area contributed by atoms with Crippen LogP contribution in [0.15, 0.2) is 59.5 Å². The second-order valence-electron chi connectivity index (χ2n) is 5.07. The Balaban J connectivity index is 2.04. The Hall–Kier alpha value is -2.18. The van der Waals surface area contributed by atoms with E-state index in [9.17, 15) is 13.2 Å². The molecule has 0 aromatic heterocycles. The molecule has 0 fully saturated rings. The molecule has 0 radical (unpaired) electrons. The number of hydrogen-bond acceptors (Lipinski definition) is 4. The first-order valence-corrected chi connectivity index (χ1v) is 8.60. The Morgan fingerprint density at radius 1 is 1.09 bits per heavy atom. The lowest BCUT2D eigenvalue weighted by Gasteiger charge is -2.17. The molecule has 0 unspecified atom stereocenters. The highest BCUT2D eigenvalue weighted by Crippen LogP contribution is 2.16. The van der Waals surface area contributed by atoms with E-state index in [4.69, 9.17) is 4.74 Å². The molecule has 23 heavy (non-hydrogen) atoms. The van der Waals surface area contributed by atoms with Crippen molar-refractivity contribution in [3.05, 3.63) is 60.2 Å². The SMILES string of the molecule is CC(=O)c1cccc(S(=O)(=O)N(C)CCOc2ccccc2)c1. The molecule has 5 nitrogen and oxygen atoms in total. The van der Waals surface area contributed by atoms with Gasteiger partial charge in [0, 0.05) is 19.2 Å². The minimum Gasteiger partial charge on any atom is -0.492 e. The van der Waals surface area contributed by atoms with Crippen molar-refractivity contribution in [2.75, 3.05) is 20.2 Å². The van der Waals surface area contributed by atoms with Crippen molar-refractivity contribution < 1.29 is 17.9 Å². The fourth-order valence-electron chi connectivity index (χ4n) is 1.98. The van der Waals surface area contributed by atoms with Crippen LogP contribution in [0.3, 0.4) is 0 Å². The van der Waals surface area contributed by atoms with Crippen molar-refractivity contribution in [3.63, 3.8) is 0 Å². The van der Waals surface area contributed by atoms with Gasteiger partial charge in [-0.1, -0.05) is 30.3 Å². The van der Waals surface area contributed by atoms with Crippen LogP contribution in [0.5, 0.6) is 5.75 Å². The zero-order valence-corrected chi connectivity index (χ0v) is 13.9. The van der Waals surface area contributed by atoms with E-state index in [0.29, 0.717) is 11.3 Å². The van der Waals surface area contributed by atoms with Crippen molar-refractivity contribution in [2.45, 2.75) is 11.8 Å². The first-order valence-electron chi connectivity index (χ1n) is 7.16. The van der Waals surface area contributed by atoms with Gasteiger partial charge in [0.2, 0.25) is 10.0 Å². The monoisotopic (exact) mass is 333 g/mol. The van der Waals surface area contributed by atoms with Crippen molar-refractivity contribution >= 4 is 15.8 Å². The lowest BCUT2D eigenvalue weighted by atomic mass is 10.2. The second kappa shape index (κ2) is 7.39. The van der Waals surface area contributed by atoms with Gasteiger partial charge in [0.1, 0.15) is 12.4 Å².